The monoisotopic (exact) mass is 332 g/mol. The van der Waals surface area contributed by atoms with Gasteiger partial charge < -0.3 is 15.0 Å². The molecule has 0 unspecified atom stereocenters. The van der Waals surface area contributed by atoms with E-state index in [-0.39, 0.29) is 23.6 Å². The fraction of sp³-hybridized carbons (Fsp3) is 0.933. The molecular formula is C15H28N2O4S. The van der Waals surface area contributed by atoms with Crippen LogP contribution in [0.25, 0.3) is 0 Å². The number of carbonyl (C=O) groups excluding carboxylic acids is 1. The van der Waals surface area contributed by atoms with Crippen LogP contribution in [0.3, 0.4) is 0 Å². The smallest absolute Gasteiger partial charge is 0.317 e. The Labute approximate surface area is 133 Å². The number of nitrogens with zero attached hydrogens (tertiary/aromatic N) is 1. The van der Waals surface area contributed by atoms with E-state index in [1.165, 1.54) is 0 Å². The number of nitrogens with one attached hydrogen (secondary N) is 1. The molecule has 2 aliphatic rings. The van der Waals surface area contributed by atoms with Gasteiger partial charge in [-0.25, -0.2) is 13.2 Å². The van der Waals surface area contributed by atoms with Crippen molar-refractivity contribution in [1.82, 2.24) is 10.2 Å². The van der Waals surface area contributed by atoms with Crippen molar-refractivity contribution < 1.29 is 17.9 Å². The maximum Gasteiger partial charge on any atom is 0.317 e. The summed E-state index contributed by atoms with van der Waals surface area (Å²) in [7, 11) is -3.06. The number of ether oxygens (including phenoxy) is 1. The molecule has 0 spiro atoms. The van der Waals surface area contributed by atoms with Gasteiger partial charge in [0.15, 0.2) is 9.84 Å². The molecule has 7 heteroatoms. The van der Waals surface area contributed by atoms with Crippen LogP contribution in [-0.4, -0.2) is 62.7 Å². The van der Waals surface area contributed by atoms with Crippen molar-refractivity contribution in [3.63, 3.8) is 0 Å². The van der Waals surface area contributed by atoms with Crippen molar-refractivity contribution in [2.45, 2.75) is 51.7 Å². The van der Waals surface area contributed by atoms with Crippen LogP contribution in [0, 0.1) is 5.92 Å². The zero-order valence-corrected chi connectivity index (χ0v) is 14.4. The van der Waals surface area contributed by atoms with Gasteiger partial charge in [-0.3, -0.25) is 0 Å². The number of hydrogen-bond donors (Lipinski definition) is 1. The maximum absolute atomic E-state index is 12.2. The van der Waals surface area contributed by atoms with Crippen molar-refractivity contribution in [2.24, 2.45) is 5.92 Å². The molecule has 22 heavy (non-hydrogen) atoms. The van der Waals surface area contributed by atoms with Gasteiger partial charge in [-0.05, 0) is 38.5 Å². The second-order valence-corrected chi connectivity index (χ2v) is 8.82. The van der Waals surface area contributed by atoms with Crippen LogP contribution in [0.2, 0.25) is 0 Å². The summed E-state index contributed by atoms with van der Waals surface area (Å²) in [6.45, 7) is 5.69. The maximum atomic E-state index is 12.2. The Bertz CT molecular complexity index is 466. The molecule has 2 atom stereocenters. The van der Waals surface area contributed by atoms with Gasteiger partial charge in [0.2, 0.25) is 0 Å². The summed E-state index contributed by atoms with van der Waals surface area (Å²) >= 11 is 0. The first-order valence-corrected chi connectivity index (χ1v) is 10.1. The molecule has 0 saturated carbocycles. The van der Waals surface area contributed by atoms with E-state index in [9.17, 15) is 13.2 Å². The van der Waals surface area contributed by atoms with Crippen molar-refractivity contribution >= 4 is 15.9 Å². The molecule has 0 aromatic heterocycles. The molecule has 6 nitrogen and oxygen atoms in total. The number of sulfone groups is 1. The first-order valence-electron chi connectivity index (χ1n) is 8.28. The Morgan fingerprint density at radius 2 is 2.00 bits per heavy atom. The largest absolute Gasteiger partial charge is 0.378 e. The molecular weight excluding hydrogens is 304 g/mol. The summed E-state index contributed by atoms with van der Waals surface area (Å²) in [6, 6.07) is -0.502. The highest BCUT2D eigenvalue weighted by Gasteiger charge is 2.31. The van der Waals surface area contributed by atoms with Gasteiger partial charge in [-0.2, -0.15) is 0 Å². The predicted molar refractivity (Wildman–Crippen MR) is 85.6 cm³/mol. The standard InChI is InChI=1S/C15H28N2O4S/c1-3-22(19,20)11-12(2)16-15(18)17-8-6-13(7-9-17)14-5-4-10-21-14/h12-14H,3-11H2,1-2H3,(H,16,18)/t12-,14-/m1/s1. The second-order valence-electron chi connectivity index (χ2n) is 6.43. The lowest BCUT2D eigenvalue weighted by molar-refractivity contribution is 0.0371. The molecule has 2 amide bonds. The third-order valence-electron chi connectivity index (χ3n) is 4.63. The molecule has 2 fully saturated rings. The van der Waals surface area contributed by atoms with E-state index in [2.05, 4.69) is 5.32 Å². The zero-order chi connectivity index (χ0) is 16.2. The molecule has 2 aliphatic heterocycles. The third kappa shape index (κ3) is 4.84. The van der Waals surface area contributed by atoms with Crippen LogP contribution in [-0.2, 0) is 14.6 Å². The van der Waals surface area contributed by atoms with E-state index in [0.29, 0.717) is 12.0 Å². The van der Waals surface area contributed by atoms with Crippen LogP contribution >= 0.6 is 0 Å². The van der Waals surface area contributed by atoms with Crippen LogP contribution in [0.4, 0.5) is 4.79 Å². The Hall–Kier alpha value is -0.820. The van der Waals surface area contributed by atoms with Crippen molar-refractivity contribution in [2.75, 3.05) is 31.2 Å². The van der Waals surface area contributed by atoms with Gasteiger partial charge in [0, 0.05) is 31.5 Å². The number of amides is 2. The number of hydrogen-bond acceptors (Lipinski definition) is 4. The lowest BCUT2D eigenvalue weighted by atomic mass is 9.90. The van der Waals surface area contributed by atoms with Crippen molar-refractivity contribution in [3.8, 4) is 0 Å². The number of piperidine rings is 1. The van der Waals surface area contributed by atoms with E-state index in [1.807, 2.05) is 0 Å². The fourth-order valence-corrected chi connectivity index (χ4v) is 4.37. The SMILES string of the molecule is CCS(=O)(=O)C[C@@H](C)NC(=O)N1CCC([C@H]2CCCO2)CC1. The van der Waals surface area contributed by atoms with Crippen LogP contribution < -0.4 is 5.32 Å². The summed E-state index contributed by atoms with van der Waals surface area (Å²) in [5.41, 5.74) is 0. The lowest BCUT2D eigenvalue weighted by Gasteiger charge is -2.35. The fourth-order valence-electron chi connectivity index (χ4n) is 3.29. The quantitative estimate of drug-likeness (QED) is 0.826. The first kappa shape index (κ1) is 17.5. The Balaban J connectivity index is 1.75. The third-order valence-corrected chi connectivity index (χ3v) is 6.52. The van der Waals surface area contributed by atoms with Gasteiger partial charge in [-0.1, -0.05) is 6.92 Å². The van der Waals surface area contributed by atoms with Gasteiger partial charge >= 0.3 is 6.03 Å². The number of likely N-dealkylation sites (tertiary alicyclic amines) is 1. The molecule has 0 aromatic rings. The first-order chi connectivity index (χ1) is 10.4. The highest BCUT2D eigenvalue weighted by Crippen LogP contribution is 2.28. The van der Waals surface area contributed by atoms with E-state index in [0.717, 1.165) is 45.4 Å². The topological polar surface area (TPSA) is 75.7 Å². The summed E-state index contributed by atoms with van der Waals surface area (Å²) < 4.78 is 28.9. The average Bonchev–Trinajstić information content (AvgIpc) is 3.01. The molecule has 128 valence electrons. The van der Waals surface area contributed by atoms with E-state index in [4.69, 9.17) is 4.74 Å². The predicted octanol–water partition coefficient (Wildman–Crippen LogP) is 1.41. The summed E-state index contributed by atoms with van der Waals surface area (Å²) in [5.74, 6) is 0.672. The van der Waals surface area contributed by atoms with Crippen molar-refractivity contribution in [1.29, 1.82) is 0 Å². The van der Waals surface area contributed by atoms with Gasteiger partial charge in [0.05, 0.1) is 11.9 Å². The minimum absolute atomic E-state index is 0.00161. The molecule has 0 aromatic carbocycles. The van der Waals surface area contributed by atoms with E-state index < -0.39 is 9.84 Å². The minimum Gasteiger partial charge on any atom is -0.378 e. The van der Waals surface area contributed by atoms with Gasteiger partial charge in [0.25, 0.3) is 0 Å². The summed E-state index contributed by atoms with van der Waals surface area (Å²) in [6.07, 6.45) is 4.61. The molecule has 2 saturated heterocycles. The summed E-state index contributed by atoms with van der Waals surface area (Å²) in [4.78, 5) is 14.0. The lowest BCUT2D eigenvalue weighted by Crippen LogP contribution is -2.49. The minimum atomic E-state index is -3.06. The number of carbonyl (C=O) groups is 1. The molecule has 2 heterocycles. The normalized spacial score (nSPS) is 25.2. The zero-order valence-electron chi connectivity index (χ0n) is 13.6. The van der Waals surface area contributed by atoms with Crippen LogP contribution in [0.5, 0.6) is 0 Å². The van der Waals surface area contributed by atoms with Crippen LogP contribution in [0.15, 0.2) is 0 Å². The Kier molecular flexibility index (Phi) is 6.09. The second kappa shape index (κ2) is 7.64. The molecule has 0 radical (unpaired) electrons. The Morgan fingerprint density at radius 1 is 1.32 bits per heavy atom. The Morgan fingerprint density at radius 3 is 2.55 bits per heavy atom. The molecule has 0 aliphatic carbocycles. The summed E-state index contributed by atoms with van der Waals surface area (Å²) in [5, 5.41) is 2.80. The van der Waals surface area contributed by atoms with Gasteiger partial charge in [0.1, 0.15) is 0 Å². The number of rotatable bonds is 5. The average molecular weight is 332 g/mol. The van der Waals surface area contributed by atoms with Gasteiger partial charge in [-0.15, -0.1) is 0 Å². The van der Waals surface area contributed by atoms with E-state index >= 15 is 0 Å². The number of urea groups is 1. The molecule has 2 rings (SSSR count). The highest BCUT2D eigenvalue weighted by molar-refractivity contribution is 7.91. The van der Waals surface area contributed by atoms with Crippen molar-refractivity contribution in [3.05, 3.63) is 0 Å². The molecule has 0 bridgehead atoms. The molecule has 1 N–H and O–H groups in total. The highest BCUT2D eigenvalue weighted by atomic mass is 32.2. The van der Waals surface area contributed by atoms with E-state index in [1.54, 1.807) is 18.7 Å². The van der Waals surface area contributed by atoms with Crippen LogP contribution in [0.1, 0.15) is 39.5 Å².